The molecule has 0 bridgehead atoms. The van der Waals surface area contributed by atoms with Gasteiger partial charge in [-0.2, -0.15) is 0 Å². The third kappa shape index (κ3) is 3.63. The molecule has 2 amide bonds. The fraction of sp³-hybridized carbons (Fsp3) is 0.381. The number of carbonyl (C=O) groups is 1. The highest BCUT2D eigenvalue weighted by molar-refractivity contribution is 5.94. The van der Waals surface area contributed by atoms with E-state index in [0.29, 0.717) is 18.0 Å². The van der Waals surface area contributed by atoms with E-state index >= 15 is 0 Å². The van der Waals surface area contributed by atoms with Crippen molar-refractivity contribution in [2.24, 2.45) is 0 Å². The van der Waals surface area contributed by atoms with E-state index in [1.54, 1.807) is 13.8 Å². The molecule has 2 aliphatic heterocycles. The molecule has 0 aliphatic carbocycles. The first kappa shape index (κ1) is 17.8. The standard InChI is InChI=1S/C21H25N3O3/c1-21(2,26)15-3-7-18(8-4-15)27-19-9-5-16(6-10-19)24-14-17-13-22-11-12-23(17)20(24)25/h3-10,17,22,26H,11-14H2,1-2H3. The van der Waals surface area contributed by atoms with Crippen LogP contribution in [-0.4, -0.2) is 48.3 Å². The van der Waals surface area contributed by atoms with E-state index in [1.807, 2.05) is 58.3 Å². The van der Waals surface area contributed by atoms with Crippen molar-refractivity contribution in [1.82, 2.24) is 10.2 Å². The quantitative estimate of drug-likeness (QED) is 0.872. The number of hydrogen-bond donors (Lipinski definition) is 2. The van der Waals surface area contributed by atoms with Crippen molar-refractivity contribution in [2.45, 2.75) is 25.5 Å². The predicted octanol–water partition coefficient (Wildman–Crippen LogP) is 2.92. The van der Waals surface area contributed by atoms with Crippen molar-refractivity contribution in [2.75, 3.05) is 31.1 Å². The Morgan fingerprint density at radius 1 is 1.07 bits per heavy atom. The van der Waals surface area contributed by atoms with E-state index in [2.05, 4.69) is 5.32 Å². The summed E-state index contributed by atoms with van der Waals surface area (Å²) in [4.78, 5) is 16.4. The summed E-state index contributed by atoms with van der Waals surface area (Å²) >= 11 is 0. The average molecular weight is 367 g/mol. The van der Waals surface area contributed by atoms with Crippen LogP contribution in [0.2, 0.25) is 0 Å². The zero-order valence-electron chi connectivity index (χ0n) is 15.7. The topological polar surface area (TPSA) is 65.0 Å². The van der Waals surface area contributed by atoms with Crippen molar-refractivity contribution >= 4 is 11.7 Å². The number of hydrogen-bond acceptors (Lipinski definition) is 4. The highest BCUT2D eigenvalue weighted by Gasteiger charge is 2.38. The number of anilines is 1. The van der Waals surface area contributed by atoms with Crippen LogP contribution in [-0.2, 0) is 5.60 Å². The molecular formula is C21H25N3O3. The molecule has 0 spiro atoms. The van der Waals surface area contributed by atoms with Gasteiger partial charge in [0.05, 0.1) is 11.6 Å². The normalized spacial score (nSPS) is 20.0. The van der Waals surface area contributed by atoms with E-state index in [0.717, 1.165) is 30.9 Å². The van der Waals surface area contributed by atoms with E-state index in [1.165, 1.54) is 0 Å². The van der Waals surface area contributed by atoms with Crippen molar-refractivity contribution in [3.8, 4) is 11.5 Å². The van der Waals surface area contributed by atoms with Crippen LogP contribution in [0, 0.1) is 0 Å². The van der Waals surface area contributed by atoms with Crippen LogP contribution in [0.1, 0.15) is 19.4 Å². The second-order valence-corrected chi connectivity index (χ2v) is 7.62. The van der Waals surface area contributed by atoms with Gasteiger partial charge in [-0.25, -0.2) is 4.79 Å². The van der Waals surface area contributed by atoms with E-state index < -0.39 is 5.60 Å². The van der Waals surface area contributed by atoms with Gasteiger partial charge >= 0.3 is 6.03 Å². The third-order valence-corrected chi connectivity index (χ3v) is 5.17. The van der Waals surface area contributed by atoms with E-state index in [9.17, 15) is 9.90 Å². The molecule has 6 nitrogen and oxygen atoms in total. The molecule has 0 radical (unpaired) electrons. The molecule has 142 valence electrons. The molecule has 4 rings (SSSR count). The van der Waals surface area contributed by atoms with Gasteiger partial charge in [0.2, 0.25) is 0 Å². The number of urea groups is 1. The van der Waals surface area contributed by atoms with E-state index in [-0.39, 0.29) is 12.1 Å². The number of aliphatic hydroxyl groups is 1. The number of piperazine rings is 1. The third-order valence-electron chi connectivity index (χ3n) is 5.17. The maximum atomic E-state index is 12.6. The number of nitrogens with zero attached hydrogens (tertiary/aromatic N) is 2. The SMILES string of the molecule is CC(C)(O)c1ccc(Oc2ccc(N3CC4CNCCN4C3=O)cc2)cc1. The molecule has 2 N–H and O–H groups in total. The number of fused-ring (bicyclic) bond motifs is 1. The molecular weight excluding hydrogens is 342 g/mol. The Bertz CT molecular complexity index is 812. The lowest BCUT2D eigenvalue weighted by Crippen LogP contribution is -2.49. The number of rotatable bonds is 4. The molecule has 0 aromatic heterocycles. The fourth-order valence-electron chi connectivity index (χ4n) is 3.60. The van der Waals surface area contributed by atoms with Gasteiger partial charge in [-0.1, -0.05) is 12.1 Å². The van der Waals surface area contributed by atoms with Gasteiger partial charge in [0, 0.05) is 31.9 Å². The van der Waals surface area contributed by atoms with Gasteiger partial charge in [-0.3, -0.25) is 4.90 Å². The van der Waals surface area contributed by atoms with Gasteiger partial charge in [-0.15, -0.1) is 0 Å². The molecule has 1 atom stereocenters. The highest BCUT2D eigenvalue weighted by atomic mass is 16.5. The first-order chi connectivity index (χ1) is 12.9. The fourth-order valence-corrected chi connectivity index (χ4v) is 3.60. The van der Waals surface area contributed by atoms with Crippen LogP contribution >= 0.6 is 0 Å². The summed E-state index contributed by atoms with van der Waals surface area (Å²) < 4.78 is 5.88. The summed E-state index contributed by atoms with van der Waals surface area (Å²) in [6.45, 7) is 6.69. The van der Waals surface area contributed by atoms with Gasteiger partial charge in [0.1, 0.15) is 11.5 Å². The van der Waals surface area contributed by atoms with E-state index in [4.69, 9.17) is 4.74 Å². The first-order valence-corrected chi connectivity index (χ1v) is 9.31. The lowest BCUT2D eigenvalue weighted by molar-refractivity contribution is 0.0785. The lowest BCUT2D eigenvalue weighted by Gasteiger charge is -2.28. The molecule has 0 saturated carbocycles. The minimum Gasteiger partial charge on any atom is -0.457 e. The zero-order valence-corrected chi connectivity index (χ0v) is 15.7. The molecule has 6 heteroatoms. The maximum Gasteiger partial charge on any atom is 0.324 e. The van der Waals surface area contributed by atoms with Gasteiger partial charge in [0.25, 0.3) is 0 Å². The average Bonchev–Trinajstić information content (AvgIpc) is 2.99. The molecule has 2 fully saturated rings. The number of amides is 2. The monoisotopic (exact) mass is 367 g/mol. The Labute approximate surface area is 159 Å². The molecule has 2 heterocycles. The summed E-state index contributed by atoms with van der Waals surface area (Å²) in [6.07, 6.45) is 0. The molecule has 2 aliphatic rings. The van der Waals surface area contributed by atoms with Crippen molar-refractivity contribution in [3.05, 3.63) is 54.1 Å². The summed E-state index contributed by atoms with van der Waals surface area (Å²) in [6, 6.07) is 15.3. The Morgan fingerprint density at radius 3 is 2.30 bits per heavy atom. The van der Waals surface area contributed by atoms with Crippen LogP contribution in [0.5, 0.6) is 11.5 Å². The Hall–Kier alpha value is -2.57. The van der Waals surface area contributed by atoms with Gasteiger partial charge in [-0.05, 0) is 55.8 Å². The van der Waals surface area contributed by atoms with Crippen LogP contribution in [0.4, 0.5) is 10.5 Å². The Morgan fingerprint density at radius 2 is 1.70 bits per heavy atom. The van der Waals surface area contributed by atoms with Crippen molar-refractivity contribution < 1.29 is 14.6 Å². The summed E-state index contributed by atoms with van der Waals surface area (Å²) in [5.74, 6) is 1.41. The van der Waals surface area contributed by atoms with Crippen molar-refractivity contribution in [3.63, 3.8) is 0 Å². The van der Waals surface area contributed by atoms with Crippen LogP contribution in [0.15, 0.2) is 48.5 Å². The van der Waals surface area contributed by atoms with Crippen LogP contribution in [0.25, 0.3) is 0 Å². The minimum atomic E-state index is -0.870. The van der Waals surface area contributed by atoms with Crippen LogP contribution in [0.3, 0.4) is 0 Å². The number of ether oxygens (including phenoxy) is 1. The highest BCUT2D eigenvalue weighted by Crippen LogP contribution is 2.29. The maximum absolute atomic E-state index is 12.6. The summed E-state index contributed by atoms with van der Waals surface area (Å²) in [5.41, 5.74) is 0.855. The zero-order chi connectivity index (χ0) is 19.0. The Kier molecular flexibility index (Phi) is 4.53. The van der Waals surface area contributed by atoms with Crippen LogP contribution < -0.4 is 15.0 Å². The van der Waals surface area contributed by atoms with Crippen molar-refractivity contribution in [1.29, 1.82) is 0 Å². The number of nitrogens with one attached hydrogen (secondary N) is 1. The molecule has 1 unspecified atom stereocenters. The smallest absolute Gasteiger partial charge is 0.324 e. The minimum absolute atomic E-state index is 0.0809. The lowest BCUT2D eigenvalue weighted by atomic mass is 9.99. The molecule has 27 heavy (non-hydrogen) atoms. The number of carbonyl (C=O) groups excluding carboxylic acids is 1. The van der Waals surface area contributed by atoms with Gasteiger partial charge in [0.15, 0.2) is 0 Å². The summed E-state index contributed by atoms with van der Waals surface area (Å²) in [5, 5.41) is 13.4. The molecule has 2 saturated heterocycles. The largest absolute Gasteiger partial charge is 0.457 e. The first-order valence-electron chi connectivity index (χ1n) is 9.31. The second kappa shape index (κ2) is 6.87. The second-order valence-electron chi connectivity index (χ2n) is 7.62. The summed E-state index contributed by atoms with van der Waals surface area (Å²) in [7, 11) is 0. The Balaban J connectivity index is 1.44. The number of benzene rings is 2. The molecule has 2 aromatic carbocycles. The predicted molar refractivity (Wildman–Crippen MR) is 104 cm³/mol. The van der Waals surface area contributed by atoms with Gasteiger partial charge < -0.3 is 20.1 Å². The molecule has 2 aromatic rings.